The molecule has 2 N–H and O–H groups in total. The van der Waals surface area contributed by atoms with Crippen LogP contribution in [0, 0.1) is 0 Å². The molecule has 1 aliphatic heterocycles. The van der Waals surface area contributed by atoms with Crippen LogP contribution in [0.1, 0.15) is 10.4 Å². The summed E-state index contributed by atoms with van der Waals surface area (Å²) >= 11 is 0. The molecule has 9 nitrogen and oxygen atoms in total. The summed E-state index contributed by atoms with van der Waals surface area (Å²) < 4.78 is 16.6. The van der Waals surface area contributed by atoms with Gasteiger partial charge in [-0.3, -0.25) is 9.78 Å². The highest BCUT2D eigenvalue weighted by atomic mass is 16.5. The molecule has 1 aliphatic rings. The number of pyridine rings is 1. The monoisotopic (exact) mass is 436 g/mol. The number of methoxy groups -OCH3 is 2. The third-order valence-corrected chi connectivity index (χ3v) is 5.17. The van der Waals surface area contributed by atoms with E-state index in [4.69, 9.17) is 14.2 Å². The first-order valence-corrected chi connectivity index (χ1v) is 10.2. The molecule has 166 valence electrons. The van der Waals surface area contributed by atoms with Gasteiger partial charge in [0.15, 0.2) is 0 Å². The van der Waals surface area contributed by atoms with Gasteiger partial charge in [-0.1, -0.05) is 0 Å². The molecule has 2 aromatic carbocycles. The number of hydrogen-bond donors (Lipinski definition) is 2. The van der Waals surface area contributed by atoms with Gasteiger partial charge in [0.05, 0.1) is 25.3 Å². The van der Waals surface area contributed by atoms with Gasteiger partial charge in [-0.15, -0.1) is 0 Å². The van der Waals surface area contributed by atoms with E-state index in [0.717, 1.165) is 5.75 Å². The highest BCUT2D eigenvalue weighted by Crippen LogP contribution is 2.33. The van der Waals surface area contributed by atoms with Gasteiger partial charge in [0.1, 0.15) is 23.0 Å². The molecule has 0 aliphatic carbocycles. The van der Waals surface area contributed by atoms with Crippen LogP contribution in [0.2, 0.25) is 0 Å². The summed E-state index contributed by atoms with van der Waals surface area (Å²) in [6, 6.07) is 12.3. The quantitative estimate of drug-likeness (QED) is 0.563. The summed E-state index contributed by atoms with van der Waals surface area (Å²) in [5, 5.41) is 6.26. The first-order valence-electron chi connectivity index (χ1n) is 10.2. The zero-order chi connectivity index (χ0) is 22.5. The van der Waals surface area contributed by atoms with Crippen molar-refractivity contribution in [3.63, 3.8) is 0 Å². The van der Waals surface area contributed by atoms with E-state index >= 15 is 0 Å². The molecule has 1 saturated heterocycles. The number of nitrogens with one attached hydrogen (secondary N) is 2. The van der Waals surface area contributed by atoms with Crippen LogP contribution < -0.4 is 24.8 Å². The fourth-order valence-electron chi connectivity index (χ4n) is 3.48. The predicted octanol–water partition coefficient (Wildman–Crippen LogP) is 2.80. The fraction of sp³-hybridized carbons (Fsp3) is 0.261. The number of fused-ring (bicyclic) bond motifs is 1. The van der Waals surface area contributed by atoms with Crippen LogP contribution in [-0.4, -0.2) is 62.2 Å². The number of benzene rings is 2. The number of carbonyl (C=O) groups excluding carboxylic acids is 2. The summed E-state index contributed by atoms with van der Waals surface area (Å²) in [5.41, 5.74) is 0.997. The van der Waals surface area contributed by atoms with E-state index in [1.807, 2.05) is 0 Å². The molecule has 0 spiro atoms. The Bertz CT molecular complexity index is 1130. The molecule has 1 fully saturated rings. The van der Waals surface area contributed by atoms with E-state index in [2.05, 4.69) is 15.6 Å². The van der Waals surface area contributed by atoms with Crippen molar-refractivity contribution in [1.82, 2.24) is 20.5 Å². The fourth-order valence-corrected chi connectivity index (χ4v) is 3.48. The largest absolute Gasteiger partial charge is 0.497 e. The van der Waals surface area contributed by atoms with E-state index < -0.39 is 0 Å². The number of hydrogen-bond acceptors (Lipinski definition) is 6. The van der Waals surface area contributed by atoms with Crippen LogP contribution in [0.3, 0.4) is 0 Å². The van der Waals surface area contributed by atoms with Crippen molar-refractivity contribution in [3.05, 3.63) is 54.2 Å². The molecule has 1 aromatic heterocycles. The number of carbonyl (C=O) groups is 2. The van der Waals surface area contributed by atoms with Crippen molar-refractivity contribution in [2.24, 2.45) is 0 Å². The normalized spacial score (nSPS) is 13.1. The summed E-state index contributed by atoms with van der Waals surface area (Å²) in [7, 11) is 3.11. The Morgan fingerprint density at radius 2 is 1.88 bits per heavy atom. The van der Waals surface area contributed by atoms with Crippen molar-refractivity contribution in [3.8, 4) is 23.0 Å². The van der Waals surface area contributed by atoms with Crippen LogP contribution in [0.5, 0.6) is 23.0 Å². The van der Waals surface area contributed by atoms with Crippen LogP contribution >= 0.6 is 0 Å². The maximum Gasteiger partial charge on any atom is 0.317 e. The maximum absolute atomic E-state index is 12.9. The van der Waals surface area contributed by atoms with Gasteiger partial charge in [0, 0.05) is 43.8 Å². The van der Waals surface area contributed by atoms with Crippen LogP contribution in [0.15, 0.2) is 48.7 Å². The van der Waals surface area contributed by atoms with Crippen LogP contribution in [0.25, 0.3) is 10.9 Å². The molecule has 2 heterocycles. The van der Waals surface area contributed by atoms with Gasteiger partial charge in [-0.2, -0.15) is 0 Å². The second-order valence-corrected chi connectivity index (χ2v) is 7.13. The zero-order valence-corrected chi connectivity index (χ0v) is 17.9. The Morgan fingerprint density at radius 1 is 1.09 bits per heavy atom. The lowest BCUT2D eigenvalue weighted by Crippen LogP contribution is -2.36. The van der Waals surface area contributed by atoms with Gasteiger partial charge in [0.25, 0.3) is 5.91 Å². The Labute approximate surface area is 185 Å². The van der Waals surface area contributed by atoms with Crippen molar-refractivity contribution >= 4 is 22.8 Å². The number of urea groups is 1. The van der Waals surface area contributed by atoms with Gasteiger partial charge in [0.2, 0.25) is 0 Å². The number of amides is 3. The highest BCUT2D eigenvalue weighted by Gasteiger charge is 2.20. The first kappa shape index (κ1) is 21.2. The molecule has 3 amide bonds. The van der Waals surface area contributed by atoms with Crippen LogP contribution in [-0.2, 0) is 0 Å². The van der Waals surface area contributed by atoms with Gasteiger partial charge in [-0.05, 0) is 36.4 Å². The minimum atomic E-state index is -0.303. The second-order valence-electron chi connectivity index (χ2n) is 7.13. The number of rotatable bonds is 8. The lowest BCUT2D eigenvalue weighted by Gasteiger charge is -2.16. The average Bonchev–Trinajstić information content (AvgIpc) is 3.23. The molecule has 0 unspecified atom stereocenters. The molecule has 0 bridgehead atoms. The minimum absolute atomic E-state index is 0.117. The predicted molar refractivity (Wildman–Crippen MR) is 119 cm³/mol. The Morgan fingerprint density at radius 3 is 2.56 bits per heavy atom. The van der Waals surface area contributed by atoms with Crippen LogP contribution in [0.4, 0.5) is 4.79 Å². The van der Waals surface area contributed by atoms with Crippen molar-refractivity contribution < 1.29 is 23.8 Å². The molecule has 0 saturated carbocycles. The highest BCUT2D eigenvalue weighted by molar-refractivity contribution is 6.02. The summed E-state index contributed by atoms with van der Waals surface area (Å²) in [6.45, 7) is 2.01. The maximum atomic E-state index is 12.9. The zero-order valence-electron chi connectivity index (χ0n) is 17.9. The third-order valence-electron chi connectivity index (χ3n) is 5.17. The van der Waals surface area contributed by atoms with Gasteiger partial charge >= 0.3 is 6.03 Å². The molecule has 4 rings (SSSR count). The molecule has 0 atom stereocenters. The SMILES string of the molecule is COc1ccc(Oc2ccnc3cc(OC)c(C(=O)NCCN4CCNC4=O)cc23)cc1. The number of aromatic nitrogens is 1. The second kappa shape index (κ2) is 9.42. The molecule has 32 heavy (non-hydrogen) atoms. The van der Waals surface area contributed by atoms with Gasteiger partial charge in [-0.25, -0.2) is 4.79 Å². The molecular formula is C23H24N4O5. The van der Waals surface area contributed by atoms with Crippen molar-refractivity contribution in [2.45, 2.75) is 0 Å². The lowest BCUT2D eigenvalue weighted by atomic mass is 10.1. The average molecular weight is 436 g/mol. The summed E-state index contributed by atoms with van der Waals surface area (Å²) in [5.74, 6) is 2.02. The molecular weight excluding hydrogens is 412 g/mol. The van der Waals surface area contributed by atoms with E-state index in [1.165, 1.54) is 7.11 Å². The molecule has 3 aromatic rings. The van der Waals surface area contributed by atoms with E-state index in [0.29, 0.717) is 59.9 Å². The molecule has 0 radical (unpaired) electrons. The topological polar surface area (TPSA) is 102 Å². The smallest absolute Gasteiger partial charge is 0.317 e. The first-order chi connectivity index (χ1) is 15.6. The standard InChI is InChI=1S/C23H24N4O5/c1-30-15-3-5-16(6-4-15)32-20-7-8-24-19-14-21(31-2)18(13-17(19)20)22(28)25-9-11-27-12-10-26-23(27)29/h3-8,13-14H,9-12H2,1-2H3,(H,25,28)(H,26,29). The lowest BCUT2D eigenvalue weighted by molar-refractivity contribution is 0.0947. The number of nitrogens with zero attached hydrogens (tertiary/aromatic N) is 2. The molecule has 9 heteroatoms. The Balaban J connectivity index is 1.56. The van der Waals surface area contributed by atoms with Crippen molar-refractivity contribution in [1.29, 1.82) is 0 Å². The third kappa shape index (κ3) is 4.51. The summed E-state index contributed by atoms with van der Waals surface area (Å²) in [6.07, 6.45) is 1.64. The summed E-state index contributed by atoms with van der Waals surface area (Å²) in [4.78, 5) is 30.6. The van der Waals surface area contributed by atoms with E-state index in [9.17, 15) is 9.59 Å². The Kier molecular flexibility index (Phi) is 6.25. The van der Waals surface area contributed by atoms with Gasteiger partial charge < -0.3 is 29.7 Å². The minimum Gasteiger partial charge on any atom is -0.497 e. The van der Waals surface area contributed by atoms with E-state index in [-0.39, 0.29) is 11.9 Å². The van der Waals surface area contributed by atoms with Crippen molar-refractivity contribution in [2.75, 3.05) is 40.4 Å². The Hall–Kier alpha value is -4.01. The van der Waals surface area contributed by atoms with E-state index in [1.54, 1.807) is 60.7 Å². The number of ether oxygens (including phenoxy) is 3.